The van der Waals surface area contributed by atoms with Crippen LogP contribution < -0.4 is 0 Å². The van der Waals surface area contributed by atoms with Gasteiger partial charge in [-0.2, -0.15) is 0 Å². The fraction of sp³-hybridized carbons (Fsp3) is 0.308. The minimum absolute atomic E-state index is 0.538. The summed E-state index contributed by atoms with van der Waals surface area (Å²) in [7, 11) is 0. The molecule has 0 atom stereocenters. The maximum absolute atomic E-state index is 4.42. The third kappa shape index (κ3) is 2.84. The minimum Gasteiger partial charge on any atom is -0.261 e. The Labute approximate surface area is 86.2 Å². The van der Waals surface area contributed by atoms with Crippen LogP contribution in [0.1, 0.15) is 20.3 Å². The molecule has 1 aliphatic rings. The second-order valence-corrected chi connectivity index (χ2v) is 3.56. The third-order valence-electron chi connectivity index (χ3n) is 2.13. The van der Waals surface area contributed by atoms with Gasteiger partial charge in [0.2, 0.25) is 0 Å². The van der Waals surface area contributed by atoms with Crippen LogP contribution in [-0.2, 0) is 0 Å². The summed E-state index contributed by atoms with van der Waals surface area (Å²) in [6.45, 7) is 8.00. The molecule has 14 heavy (non-hydrogen) atoms. The van der Waals surface area contributed by atoms with E-state index in [9.17, 15) is 0 Å². The lowest BCUT2D eigenvalue weighted by atomic mass is 9.93. The van der Waals surface area contributed by atoms with Gasteiger partial charge in [0.25, 0.3) is 0 Å². The van der Waals surface area contributed by atoms with Gasteiger partial charge in [0.1, 0.15) is 0 Å². The van der Waals surface area contributed by atoms with Crippen LogP contribution in [0.15, 0.2) is 53.7 Å². The number of aliphatic imine (C=N–C) groups is 1. The fourth-order valence-electron chi connectivity index (χ4n) is 1.41. The summed E-state index contributed by atoms with van der Waals surface area (Å²) in [6, 6.07) is 0. The maximum Gasteiger partial charge on any atom is 0.0475 e. The Morgan fingerprint density at radius 1 is 1.50 bits per heavy atom. The van der Waals surface area contributed by atoms with Gasteiger partial charge in [-0.15, -0.1) is 0 Å². The molecule has 74 valence electrons. The molecule has 0 spiro atoms. The molecule has 0 amide bonds. The number of nitrogens with zero attached hydrogens (tertiary/aromatic N) is 1. The van der Waals surface area contributed by atoms with Gasteiger partial charge in [-0.05, 0) is 17.6 Å². The van der Waals surface area contributed by atoms with Gasteiger partial charge in [-0.3, -0.25) is 4.99 Å². The molecule has 0 N–H and O–H groups in total. The number of hydrogen-bond acceptors (Lipinski definition) is 1. The van der Waals surface area contributed by atoms with E-state index < -0.39 is 0 Å². The number of hydrogen-bond donors (Lipinski definition) is 0. The molecule has 0 unspecified atom stereocenters. The van der Waals surface area contributed by atoms with Crippen molar-refractivity contribution in [3.05, 3.63) is 48.7 Å². The Morgan fingerprint density at radius 3 is 2.93 bits per heavy atom. The molecule has 0 aliphatic heterocycles. The predicted octanol–water partition coefficient (Wildman–Crippen LogP) is 3.67. The molecular weight excluding hydrogens is 170 g/mol. The van der Waals surface area contributed by atoms with E-state index in [1.807, 2.05) is 6.08 Å². The molecule has 0 heterocycles. The van der Waals surface area contributed by atoms with Crippen molar-refractivity contribution in [2.45, 2.75) is 20.3 Å². The highest BCUT2D eigenvalue weighted by Crippen LogP contribution is 2.18. The first kappa shape index (κ1) is 10.7. The summed E-state index contributed by atoms with van der Waals surface area (Å²) in [5.74, 6) is 0.538. The summed E-state index contributed by atoms with van der Waals surface area (Å²) in [5.41, 5.74) is 2.50. The Bertz CT molecular complexity index is 314. The van der Waals surface area contributed by atoms with Crippen molar-refractivity contribution in [1.82, 2.24) is 0 Å². The molecule has 1 aliphatic carbocycles. The van der Waals surface area contributed by atoms with E-state index in [0.717, 1.165) is 6.42 Å². The number of rotatable bonds is 3. The third-order valence-corrected chi connectivity index (χ3v) is 2.13. The zero-order valence-electron chi connectivity index (χ0n) is 8.90. The van der Waals surface area contributed by atoms with Crippen LogP contribution in [-0.4, -0.2) is 5.71 Å². The first-order chi connectivity index (χ1) is 6.75. The molecule has 0 saturated carbocycles. The predicted molar refractivity (Wildman–Crippen MR) is 63.5 cm³/mol. The van der Waals surface area contributed by atoms with E-state index in [1.165, 1.54) is 11.3 Å². The van der Waals surface area contributed by atoms with E-state index >= 15 is 0 Å². The van der Waals surface area contributed by atoms with E-state index in [2.05, 4.69) is 43.6 Å². The molecule has 0 aromatic heterocycles. The summed E-state index contributed by atoms with van der Waals surface area (Å²) in [5, 5.41) is 0. The van der Waals surface area contributed by atoms with Gasteiger partial charge in [0.05, 0.1) is 0 Å². The molecule has 1 rings (SSSR count). The van der Waals surface area contributed by atoms with Gasteiger partial charge in [0.15, 0.2) is 0 Å². The smallest absolute Gasteiger partial charge is 0.0475 e. The van der Waals surface area contributed by atoms with Crippen LogP contribution >= 0.6 is 0 Å². The van der Waals surface area contributed by atoms with Crippen molar-refractivity contribution in [1.29, 1.82) is 0 Å². The molecule has 0 bridgehead atoms. The Morgan fingerprint density at radius 2 is 2.29 bits per heavy atom. The zero-order chi connectivity index (χ0) is 10.4. The molecule has 0 aromatic carbocycles. The van der Waals surface area contributed by atoms with Crippen LogP contribution in [0, 0.1) is 5.92 Å². The SMILES string of the molecule is C=C/C=C\N=C1CC=CC=C1C(C)C. The first-order valence-corrected chi connectivity index (χ1v) is 4.97. The van der Waals surface area contributed by atoms with Gasteiger partial charge in [-0.1, -0.05) is 44.7 Å². The molecule has 0 aromatic rings. The first-order valence-electron chi connectivity index (χ1n) is 4.97. The molecule has 0 saturated heterocycles. The van der Waals surface area contributed by atoms with Gasteiger partial charge >= 0.3 is 0 Å². The van der Waals surface area contributed by atoms with E-state index in [-0.39, 0.29) is 0 Å². The average Bonchev–Trinajstić information content (AvgIpc) is 2.19. The lowest BCUT2D eigenvalue weighted by Gasteiger charge is -2.14. The molecule has 1 heteroatoms. The van der Waals surface area contributed by atoms with Crippen LogP contribution in [0.5, 0.6) is 0 Å². The normalized spacial score (nSPS) is 19.4. The number of allylic oxidation sites excluding steroid dienone is 6. The second kappa shape index (κ2) is 5.38. The highest BCUT2D eigenvalue weighted by molar-refractivity contribution is 6.02. The Kier molecular flexibility index (Phi) is 4.11. The van der Waals surface area contributed by atoms with Crippen LogP contribution in [0.25, 0.3) is 0 Å². The van der Waals surface area contributed by atoms with Crippen LogP contribution in [0.2, 0.25) is 0 Å². The minimum atomic E-state index is 0.538. The summed E-state index contributed by atoms with van der Waals surface area (Å²) >= 11 is 0. The summed E-state index contributed by atoms with van der Waals surface area (Å²) in [4.78, 5) is 4.42. The van der Waals surface area contributed by atoms with Crippen molar-refractivity contribution in [2.75, 3.05) is 0 Å². The molecule has 1 nitrogen and oxygen atoms in total. The van der Waals surface area contributed by atoms with E-state index in [0.29, 0.717) is 5.92 Å². The molecular formula is C13H17N. The second-order valence-electron chi connectivity index (χ2n) is 3.56. The molecule has 0 fully saturated rings. The van der Waals surface area contributed by atoms with Gasteiger partial charge in [-0.25, -0.2) is 0 Å². The highest BCUT2D eigenvalue weighted by Gasteiger charge is 2.10. The average molecular weight is 187 g/mol. The van der Waals surface area contributed by atoms with Crippen molar-refractivity contribution < 1.29 is 0 Å². The lowest BCUT2D eigenvalue weighted by molar-refractivity contribution is 0.798. The Hall–Kier alpha value is -1.37. The summed E-state index contributed by atoms with van der Waals surface area (Å²) in [6.07, 6.45) is 12.7. The van der Waals surface area contributed by atoms with E-state index in [1.54, 1.807) is 12.3 Å². The van der Waals surface area contributed by atoms with Crippen molar-refractivity contribution >= 4 is 5.71 Å². The van der Waals surface area contributed by atoms with Crippen molar-refractivity contribution in [3.8, 4) is 0 Å². The monoisotopic (exact) mass is 187 g/mol. The zero-order valence-corrected chi connectivity index (χ0v) is 8.90. The maximum atomic E-state index is 4.42. The highest BCUT2D eigenvalue weighted by atomic mass is 14.7. The quantitative estimate of drug-likeness (QED) is 0.598. The standard InChI is InChI=1S/C13H17N/c1-4-5-10-14-13-9-7-6-8-12(13)11(2)3/h4-8,10-11H,1,9H2,2-3H3/b10-5-,14-13?. The Balaban J connectivity index is 2.83. The molecule has 0 radical (unpaired) electrons. The summed E-state index contributed by atoms with van der Waals surface area (Å²) < 4.78 is 0. The largest absolute Gasteiger partial charge is 0.261 e. The lowest BCUT2D eigenvalue weighted by Crippen LogP contribution is -2.09. The van der Waals surface area contributed by atoms with Gasteiger partial charge in [0, 0.05) is 18.3 Å². The van der Waals surface area contributed by atoms with E-state index in [4.69, 9.17) is 0 Å². The van der Waals surface area contributed by atoms with Crippen LogP contribution in [0.4, 0.5) is 0 Å². The fourth-order valence-corrected chi connectivity index (χ4v) is 1.41. The topological polar surface area (TPSA) is 12.4 Å². The van der Waals surface area contributed by atoms with Crippen molar-refractivity contribution in [3.63, 3.8) is 0 Å². The van der Waals surface area contributed by atoms with Crippen molar-refractivity contribution in [2.24, 2.45) is 10.9 Å². The van der Waals surface area contributed by atoms with Crippen LogP contribution in [0.3, 0.4) is 0 Å². The van der Waals surface area contributed by atoms with Gasteiger partial charge < -0.3 is 0 Å².